The van der Waals surface area contributed by atoms with E-state index in [1.165, 1.54) is 25.7 Å². The van der Waals surface area contributed by atoms with Gasteiger partial charge in [0.15, 0.2) is 0 Å². The number of carbonyl (C=O) groups is 1. The van der Waals surface area contributed by atoms with Crippen molar-refractivity contribution < 1.29 is 4.79 Å². The number of hydrogen-bond donors (Lipinski definition) is 1. The molecule has 1 saturated carbocycles. The molecular formula is C18H35ClN2O. The highest BCUT2D eigenvalue weighted by atomic mass is 35.5. The minimum absolute atomic E-state index is 0. The Labute approximate surface area is 142 Å². The zero-order valence-corrected chi connectivity index (χ0v) is 15.5. The molecule has 2 unspecified atom stereocenters. The average Bonchev–Trinajstić information content (AvgIpc) is 2.93. The Morgan fingerprint density at radius 3 is 2.45 bits per heavy atom. The number of rotatable bonds is 5. The molecule has 2 aliphatic rings. The van der Waals surface area contributed by atoms with E-state index in [2.05, 4.69) is 25.7 Å². The fraction of sp³-hybridized carbons (Fsp3) is 0.944. The van der Waals surface area contributed by atoms with E-state index < -0.39 is 0 Å². The predicted molar refractivity (Wildman–Crippen MR) is 95.2 cm³/mol. The van der Waals surface area contributed by atoms with Gasteiger partial charge in [0, 0.05) is 25.0 Å². The molecule has 0 aromatic rings. The zero-order valence-electron chi connectivity index (χ0n) is 14.6. The summed E-state index contributed by atoms with van der Waals surface area (Å²) in [5.74, 6) is 1.46. The van der Waals surface area contributed by atoms with Crippen molar-refractivity contribution in [3.63, 3.8) is 0 Å². The highest BCUT2D eigenvalue weighted by Crippen LogP contribution is 2.34. The van der Waals surface area contributed by atoms with E-state index in [1.54, 1.807) is 0 Å². The Hall–Kier alpha value is -0.280. The van der Waals surface area contributed by atoms with Crippen LogP contribution < -0.4 is 5.73 Å². The molecule has 0 aromatic heterocycles. The molecule has 3 nitrogen and oxygen atoms in total. The molecule has 1 aliphatic heterocycles. The Balaban J connectivity index is 0.00000242. The molecule has 22 heavy (non-hydrogen) atoms. The van der Waals surface area contributed by atoms with Gasteiger partial charge in [-0.15, -0.1) is 12.4 Å². The van der Waals surface area contributed by atoms with E-state index >= 15 is 0 Å². The van der Waals surface area contributed by atoms with E-state index in [1.807, 2.05) is 0 Å². The zero-order chi connectivity index (χ0) is 15.5. The second kappa shape index (κ2) is 8.54. The minimum Gasteiger partial charge on any atom is -0.342 e. The van der Waals surface area contributed by atoms with Crippen LogP contribution in [0.5, 0.6) is 0 Å². The Bertz CT molecular complexity index is 353. The van der Waals surface area contributed by atoms with E-state index in [-0.39, 0.29) is 29.8 Å². The summed E-state index contributed by atoms with van der Waals surface area (Å²) in [4.78, 5) is 15.1. The van der Waals surface area contributed by atoms with Crippen LogP contribution in [0.2, 0.25) is 0 Å². The number of likely N-dealkylation sites (tertiary alicyclic amines) is 1. The summed E-state index contributed by atoms with van der Waals surface area (Å²) >= 11 is 0. The predicted octanol–water partition coefficient (Wildman–Crippen LogP) is 3.99. The molecule has 4 heteroatoms. The number of halogens is 1. The van der Waals surface area contributed by atoms with Crippen molar-refractivity contribution in [2.75, 3.05) is 13.1 Å². The fourth-order valence-corrected chi connectivity index (χ4v) is 4.16. The number of nitrogens with zero attached hydrogens (tertiary/aromatic N) is 1. The first-order valence-electron chi connectivity index (χ1n) is 8.98. The molecule has 130 valence electrons. The van der Waals surface area contributed by atoms with Gasteiger partial charge in [-0.3, -0.25) is 4.79 Å². The van der Waals surface area contributed by atoms with Crippen LogP contribution in [-0.4, -0.2) is 29.9 Å². The standard InChI is InChI=1S/C18H34N2O.ClH/c1-4-7-15(12-14-8-5-6-9-14)17(21)20-11-10-16(19)18(2,3)13-20;/h14-16H,4-13,19H2,1-3H3;1H. The lowest BCUT2D eigenvalue weighted by molar-refractivity contribution is -0.140. The lowest BCUT2D eigenvalue weighted by Crippen LogP contribution is -2.55. The third-order valence-electron chi connectivity index (χ3n) is 5.70. The van der Waals surface area contributed by atoms with Gasteiger partial charge in [-0.05, 0) is 30.6 Å². The molecule has 1 heterocycles. The molecule has 1 amide bonds. The summed E-state index contributed by atoms with van der Waals surface area (Å²) in [6.07, 6.45) is 9.63. The van der Waals surface area contributed by atoms with Crippen LogP contribution in [-0.2, 0) is 4.79 Å². The van der Waals surface area contributed by atoms with Gasteiger partial charge in [-0.1, -0.05) is 52.9 Å². The smallest absolute Gasteiger partial charge is 0.225 e. The van der Waals surface area contributed by atoms with Crippen molar-refractivity contribution in [2.45, 2.75) is 78.2 Å². The molecular weight excluding hydrogens is 296 g/mol. The van der Waals surface area contributed by atoms with Gasteiger partial charge in [0.25, 0.3) is 0 Å². The van der Waals surface area contributed by atoms with Crippen molar-refractivity contribution in [1.29, 1.82) is 0 Å². The Kier molecular flexibility index (Phi) is 7.67. The van der Waals surface area contributed by atoms with Gasteiger partial charge in [0.05, 0.1) is 0 Å². The summed E-state index contributed by atoms with van der Waals surface area (Å²) < 4.78 is 0. The lowest BCUT2D eigenvalue weighted by Gasteiger charge is -2.43. The SMILES string of the molecule is CCCC(CC1CCCC1)C(=O)N1CCC(N)C(C)(C)C1.Cl. The Morgan fingerprint density at radius 2 is 1.91 bits per heavy atom. The van der Waals surface area contributed by atoms with Gasteiger partial charge in [-0.25, -0.2) is 0 Å². The summed E-state index contributed by atoms with van der Waals surface area (Å²) in [6.45, 7) is 8.28. The van der Waals surface area contributed by atoms with E-state index in [9.17, 15) is 4.79 Å². The topological polar surface area (TPSA) is 46.3 Å². The van der Waals surface area contributed by atoms with Crippen LogP contribution >= 0.6 is 12.4 Å². The fourth-order valence-electron chi connectivity index (χ4n) is 4.16. The first-order chi connectivity index (χ1) is 9.94. The van der Waals surface area contributed by atoms with Gasteiger partial charge in [0.2, 0.25) is 5.91 Å². The van der Waals surface area contributed by atoms with Crippen LogP contribution in [0.4, 0.5) is 0 Å². The number of carbonyl (C=O) groups excluding carboxylic acids is 1. The molecule has 2 rings (SSSR count). The molecule has 0 bridgehead atoms. The molecule has 2 atom stereocenters. The number of nitrogens with two attached hydrogens (primary N) is 1. The first-order valence-corrected chi connectivity index (χ1v) is 8.98. The van der Waals surface area contributed by atoms with Crippen LogP contribution in [0.25, 0.3) is 0 Å². The third-order valence-corrected chi connectivity index (χ3v) is 5.70. The third kappa shape index (κ3) is 4.86. The maximum atomic E-state index is 13.0. The van der Waals surface area contributed by atoms with E-state index in [4.69, 9.17) is 5.73 Å². The lowest BCUT2D eigenvalue weighted by atomic mass is 9.79. The molecule has 1 saturated heterocycles. The van der Waals surface area contributed by atoms with Crippen molar-refractivity contribution in [1.82, 2.24) is 4.90 Å². The normalized spacial score (nSPS) is 26.5. The Morgan fingerprint density at radius 1 is 1.27 bits per heavy atom. The van der Waals surface area contributed by atoms with Gasteiger partial charge in [-0.2, -0.15) is 0 Å². The van der Waals surface area contributed by atoms with Crippen molar-refractivity contribution >= 4 is 18.3 Å². The van der Waals surface area contributed by atoms with Gasteiger partial charge < -0.3 is 10.6 Å². The summed E-state index contributed by atoms with van der Waals surface area (Å²) in [7, 11) is 0. The van der Waals surface area contributed by atoms with Crippen LogP contribution in [0.3, 0.4) is 0 Å². The minimum atomic E-state index is 0. The first kappa shape index (κ1) is 19.8. The van der Waals surface area contributed by atoms with Crippen LogP contribution in [0, 0.1) is 17.3 Å². The molecule has 0 radical (unpaired) electrons. The summed E-state index contributed by atoms with van der Waals surface area (Å²) in [5.41, 5.74) is 6.26. The monoisotopic (exact) mass is 330 g/mol. The van der Waals surface area contributed by atoms with Crippen molar-refractivity contribution in [3.8, 4) is 0 Å². The second-order valence-corrected chi connectivity index (χ2v) is 8.02. The summed E-state index contributed by atoms with van der Waals surface area (Å²) in [5, 5.41) is 0. The number of hydrogen-bond acceptors (Lipinski definition) is 2. The molecule has 0 aromatic carbocycles. The summed E-state index contributed by atoms with van der Waals surface area (Å²) in [6, 6.07) is 0.223. The van der Waals surface area contributed by atoms with Crippen molar-refractivity contribution in [3.05, 3.63) is 0 Å². The largest absolute Gasteiger partial charge is 0.342 e. The van der Waals surface area contributed by atoms with Gasteiger partial charge >= 0.3 is 0 Å². The molecule has 0 spiro atoms. The van der Waals surface area contributed by atoms with Crippen molar-refractivity contribution in [2.24, 2.45) is 23.0 Å². The van der Waals surface area contributed by atoms with E-state index in [0.29, 0.717) is 5.91 Å². The molecule has 1 aliphatic carbocycles. The quantitative estimate of drug-likeness (QED) is 0.828. The molecule has 2 N–H and O–H groups in total. The second-order valence-electron chi connectivity index (χ2n) is 8.02. The average molecular weight is 331 g/mol. The molecule has 2 fully saturated rings. The highest BCUT2D eigenvalue weighted by Gasteiger charge is 2.37. The van der Waals surface area contributed by atoms with E-state index in [0.717, 1.165) is 44.7 Å². The number of amides is 1. The maximum absolute atomic E-state index is 13.0. The number of piperidine rings is 1. The van der Waals surface area contributed by atoms with Crippen LogP contribution in [0.1, 0.15) is 72.1 Å². The van der Waals surface area contributed by atoms with Gasteiger partial charge in [0.1, 0.15) is 0 Å². The van der Waals surface area contributed by atoms with Crippen LogP contribution in [0.15, 0.2) is 0 Å². The highest BCUT2D eigenvalue weighted by molar-refractivity contribution is 5.85. The maximum Gasteiger partial charge on any atom is 0.225 e.